The van der Waals surface area contributed by atoms with Crippen LogP contribution in [0.3, 0.4) is 0 Å². The molecule has 0 spiro atoms. The summed E-state index contributed by atoms with van der Waals surface area (Å²) in [4.78, 5) is 0.837. The first-order valence-electron chi connectivity index (χ1n) is 2.82. The van der Waals surface area contributed by atoms with E-state index < -0.39 is 0 Å². The lowest BCUT2D eigenvalue weighted by molar-refractivity contribution is 1.45. The predicted molar refractivity (Wildman–Crippen MR) is 45.6 cm³/mol. The first kappa shape index (κ1) is 7.64. The minimum absolute atomic E-state index is 0.837. The lowest BCUT2D eigenvalue weighted by atomic mass is 10.3. The maximum atomic E-state index is 8.58. The second-order valence-electron chi connectivity index (χ2n) is 1.89. The van der Waals surface area contributed by atoms with Crippen LogP contribution in [0.1, 0.15) is 10.4 Å². The molecule has 0 aliphatic rings. The van der Waals surface area contributed by atoms with Crippen LogP contribution in [0.15, 0.2) is 10.3 Å². The molecule has 1 aromatic rings. The van der Waals surface area contributed by atoms with Gasteiger partial charge in [0.05, 0.1) is 4.21 Å². The normalized spacial score (nSPS) is 9.30. The zero-order valence-electron chi connectivity index (χ0n) is 5.84. The van der Waals surface area contributed by atoms with Crippen molar-refractivity contribution in [3.63, 3.8) is 0 Å². The van der Waals surface area contributed by atoms with E-state index in [2.05, 4.69) is 6.07 Å². The van der Waals surface area contributed by atoms with E-state index in [1.54, 1.807) is 23.1 Å². The Balaban J connectivity index is 3.07. The molecule has 0 unspecified atom stereocenters. The number of hydrogen-bond donors (Lipinski definition) is 0. The molecule has 0 bridgehead atoms. The summed E-state index contributed by atoms with van der Waals surface area (Å²) in [5.41, 5.74) is 1.09. The first-order valence-corrected chi connectivity index (χ1v) is 4.86. The number of nitriles is 1. The Bertz CT molecular complexity index is 270. The summed E-state index contributed by atoms with van der Waals surface area (Å²) >= 11 is 3.25. The Hall–Kier alpha value is -0.460. The minimum atomic E-state index is 0.837. The third-order valence-corrected chi connectivity index (χ3v) is 3.40. The highest BCUT2D eigenvalue weighted by atomic mass is 32.2. The molecule has 0 fully saturated rings. The van der Waals surface area contributed by atoms with Gasteiger partial charge < -0.3 is 0 Å². The highest BCUT2D eigenvalue weighted by Gasteiger charge is 2.01. The van der Waals surface area contributed by atoms with E-state index in [1.807, 2.05) is 19.2 Å². The van der Waals surface area contributed by atoms with Gasteiger partial charge in [-0.3, -0.25) is 0 Å². The molecule has 0 saturated heterocycles. The second-order valence-corrected chi connectivity index (χ2v) is 4.05. The van der Waals surface area contributed by atoms with Crippen molar-refractivity contribution in [2.24, 2.45) is 0 Å². The van der Waals surface area contributed by atoms with Crippen LogP contribution in [-0.2, 0) is 0 Å². The Labute approximate surface area is 68.7 Å². The van der Waals surface area contributed by atoms with Gasteiger partial charge in [0.1, 0.15) is 10.9 Å². The molecule has 0 saturated carbocycles. The number of rotatable bonds is 1. The number of thioether (sulfide) groups is 1. The molecule has 0 atom stereocenters. The highest BCUT2D eigenvalue weighted by Crippen LogP contribution is 2.27. The Morgan fingerprint density at radius 3 is 2.70 bits per heavy atom. The number of thiophene rings is 1. The molecule has 1 rings (SSSR count). The van der Waals surface area contributed by atoms with E-state index in [4.69, 9.17) is 5.26 Å². The van der Waals surface area contributed by atoms with Crippen molar-refractivity contribution in [2.45, 2.75) is 11.1 Å². The SMILES string of the molecule is CSc1cc(C)c(C#N)s1. The van der Waals surface area contributed by atoms with Gasteiger partial charge >= 0.3 is 0 Å². The summed E-state index contributed by atoms with van der Waals surface area (Å²) in [6.07, 6.45) is 2.02. The van der Waals surface area contributed by atoms with Gasteiger partial charge in [-0.15, -0.1) is 23.1 Å². The molecule has 0 aromatic carbocycles. The quantitative estimate of drug-likeness (QED) is 0.603. The van der Waals surface area contributed by atoms with E-state index in [0.717, 1.165) is 10.4 Å². The molecule has 1 heterocycles. The fourth-order valence-electron chi connectivity index (χ4n) is 0.664. The zero-order valence-corrected chi connectivity index (χ0v) is 7.47. The molecular formula is C7H7NS2. The topological polar surface area (TPSA) is 23.8 Å². The lowest BCUT2D eigenvalue weighted by Gasteiger charge is -1.79. The van der Waals surface area contributed by atoms with Crippen LogP contribution in [0.4, 0.5) is 0 Å². The van der Waals surface area contributed by atoms with Crippen molar-refractivity contribution < 1.29 is 0 Å². The fourth-order valence-corrected chi connectivity index (χ4v) is 2.24. The zero-order chi connectivity index (χ0) is 7.56. The number of hydrogen-bond acceptors (Lipinski definition) is 3. The minimum Gasteiger partial charge on any atom is -0.192 e. The standard InChI is InChI=1S/C7H7NS2/c1-5-3-7(9-2)10-6(5)4-8/h3H,1-2H3. The average molecular weight is 169 g/mol. The van der Waals surface area contributed by atoms with E-state index in [-0.39, 0.29) is 0 Å². The van der Waals surface area contributed by atoms with Crippen LogP contribution >= 0.6 is 23.1 Å². The molecule has 0 N–H and O–H groups in total. The van der Waals surface area contributed by atoms with Crippen LogP contribution in [0.5, 0.6) is 0 Å². The van der Waals surface area contributed by atoms with E-state index >= 15 is 0 Å². The van der Waals surface area contributed by atoms with E-state index in [0.29, 0.717) is 0 Å². The molecule has 10 heavy (non-hydrogen) atoms. The van der Waals surface area contributed by atoms with Crippen molar-refractivity contribution in [3.8, 4) is 6.07 Å². The van der Waals surface area contributed by atoms with Gasteiger partial charge in [0.2, 0.25) is 0 Å². The smallest absolute Gasteiger partial charge is 0.110 e. The molecule has 0 aliphatic heterocycles. The van der Waals surface area contributed by atoms with Crippen LogP contribution in [0.2, 0.25) is 0 Å². The summed E-state index contributed by atoms with van der Waals surface area (Å²) in [5.74, 6) is 0. The summed E-state index contributed by atoms with van der Waals surface area (Å²) in [7, 11) is 0. The largest absolute Gasteiger partial charge is 0.192 e. The summed E-state index contributed by atoms with van der Waals surface area (Å²) < 4.78 is 1.22. The molecule has 1 aromatic heterocycles. The molecular weight excluding hydrogens is 162 g/mol. The third-order valence-electron chi connectivity index (χ3n) is 1.20. The summed E-state index contributed by atoms with van der Waals surface area (Å²) in [6.45, 7) is 1.97. The van der Waals surface area contributed by atoms with Crippen LogP contribution in [-0.4, -0.2) is 6.26 Å². The third kappa shape index (κ3) is 1.34. The molecule has 0 radical (unpaired) electrons. The van der Waals surface area contributed by atoms with Gasteiger partial charge in [-0.1, -0.05) is 0 Å². The number of aryl methyl sites for hydroxylation is 1. The van der Waals surface area contributed by atoms with Crippen molar-refractivity contribution in [2.75, 3.05) is 6.26 Å². The van der Waals surface area contributed by atoms with Gasteiger partial charge in [0.25, 0.3) is 0 Å². The highest BCUT2D eigenvalue weighted by molar-refractivity contribution is 8.00. The average Bonchev–Trinajstić information content (AvgIpc) is 2.30. The predicted octanol–water partition coefficient (Wildman–Crippen LogP) is 2.65. The molecule has 1 nitrogen and oxygen atoms in total. The Morgan fingerprint density at radius 2 is 2.40 bits per heavy atom. The summed E-state index contributed by atoms with van der Waals surface area (Å²) in [6, 6.07) is 4.20. The van der Waals surface area contributed by atoms with Crippen LogP contribution in [0.25, 0.3) is 0 Å². The maximum Gasteiger partial charge on any atom is 0.110 e. The van der Waals surface area contributed by atoms with Crippen molar-refractivity contribution in [1.29, 1.82) is 5.26 Å². The van der Waals surface area contributed by atoms with Gasteiger partial charge in [-0.05, 0) is 24.8 Å². The number of nitrogens with zero attached hydrogens (tertiary/aromatic N) is 1. The summed E-state index contributed by atoms with van der Waals surface area (Å²) in [5, 5.41) is 8.58. The molecule has 52 valence electrons. The molecule has 0 aliphatic carbocycles. The van der Waals surface area contributed by atoms with Crippen molar-refractivity contribution in [1.82, 2.24) is 0 Å². The fraction of sp³-hybridized carbons (Fsp3) is 0.286. The van der Waals surface area contributed by atoms with E-state index in [9.17, 15) is 0 Å². The lowest BCUT2D eigenvalue weighted by Crippen LogP contribution is -1.65. The molecule has 0 amide bonds. The van der Waals surface area contributed by atoms with E-state index in [1.165, 1.54) is 4.21 Å². The Kier molecular flexibility index (Phi) is 2.36. The van der Waals surface area contributed by atoms with Gasteiger partial charge in [-0.25, -0.2) is 0 Å². The monoisotopic (exact) mass is 169 g/mol. The van der Waals surface area contributed by atoms with Crippen molar-refractivity contribution >= 4 is 23.1 Å². The van der Waals surface area contributed by atoms with Gasteiger partial charge in [0, 0.05) is 0 Å². The van der Waals surface area contributed by atoms with Crippen LogP contribution in [0, 0.1) is 18.3 Å². The van der Waals surface area contributed by atoms with Gasteiger partial charge in [0.15, 0.2) is 0 Å². The van der Waals surface area contributed by atoms with Gasteiger partial charge in [-0.2, -0.15) is 5.26 Å². The van der Waals surface area contributed by atoms with Crippen molar-refractivity contribution in [3.05, 3.63) is 16.5 Å². The Morgan fingerprint density at radius 1 is 1.70 bits per heavy atom. The van der Waals surface area contributed by atoms with Crippen LogP contribution < -0.4 is 0 Å². The first-order chi connectivity index (χ1) is 4.77. The maximum absolute atomic E-state index is 8.58. The molecule has 3 heteroatoms. The second kappa shape index (κ2) is 3.09.